The van der Waals surface area contributed by atoms with Crippen LogP contribution in [0.2, 0.25) is 0 Å². The summed E-state index contributed by atoms with van der Waals surface area (Å²) in [4.78, 5) is 11.1. The molecule has 7 heteroatoms. The quantitative estimate of drug-likeness (QED) is 0.373. The predicted molar refractivity (Wildman–Crippen MR) is 55.4 cm³/mol. The van der Waals surface area contributed by atoms with Crippen molar-refractivity contribution in [1.29, 1.82) is 0 Å². The number of hydrogen-bond donors (Lipinski definition) is 0. The zero-order chi connectivity index (χ0) is 11.1. The van der Waals surface area contributed by atoms with Crippen LogP contribution < -0.4 is 0 Å². The van der Waals surface area contributed by atoms with Gasteiger partial charge in [0.2, 0.25) is 0 Å². The van der Waals surface area contributed by atoms with Gasteiger partial charge in [0.1, 0.15) is 6.54 Å². The van der Waals surface area contributed by atoms with Gasteiger partial charge in [-0.25, -0.2) is 14.0 Å². The van der Waals surface area contributed by atoms with Gasteiger partial charge in [-0.15, -0.1) is 0 Å². The van der Waals surface area contributed by atoms with Crippen molar-refractivity contribution in [1.82, 2.24) is 14.0 Å². The summed E-state index contributed by atoms with van der Waals surface area (Å²) >= 11 is 0. The Morgan fingerprint density at radius 1 is 1.33 bits per heavy atom. The predicted octanol–water partition coefficient (Wildman–Crippen LogP) is -0.169. The van der Waals surface area contributed by atoms with Crippen LogP contribution in [0.4, 0.5) is 0 Å². The molecule has 0 radical (unpaired) electrons. The van der Waals surface area contributed by atoms with E-state index < -0.39 is 7.59 Å². The first kappa shape index (κ1) is 11.1. The van der Waals surface area contributed by atoms with Crippen LogP contribution in [0, 0.1) is 0 Å². The highest BCUT2D eigenvalue weighted by Gasteiger charge is 2.50. The molecular formula is C8H16N3O3P. The Balaban J connectivity index is 2.04. The number of ether oxygens (including phenoxy) is 1. The minimum Gasteiger partial charge on any atom is -0.468 e. The zero-order valence-corrected chi connectivity index (χ0v) is 9.94. The summed E-state index contributed by atoms with van der Waals surface area (Å²) in [5.74, 6) is -0.346. The van der Waals surface area contributed by atoms with E-state index in [1.165, 1.54) is 7.11 Å². The molecular weight excluding hydrogens is 217 g/mol. The monoisotopic (exact) mass is 233 g/mol. The number of rotatable bonds is 5. The van der Waals surface area contributed by atoms with Crippen LogP contribution in [-0.2, 0) is 14.1 Å². The minimum absolute atomic E-state index is 0.0841. The maximum atomic E-state index is 12.7. The second-order valence-electron chi connectivity index (χ2n) is 3.81. The molecule has 0 bridgehead atoms. The smallest absolute Gasteiger partial charge is 0.320 e. The van der Waals surface area contributed by atoms with Gasteiger partial charge in [-0.2, -0.15) is 0 Å². The van der Waals surface area contributed by atoms with Crippen molar-refractivity contribution in [2.75, 3.05) is 46.9 Å². The van der Waals surface area contributed by atoms with E-state index in [4.69, 9.17) is 0 Å². The molecule has 0 aromatic heterocycles. The second-order valence-corrected chi connectivity index (χ2v) is 6.65. The SMILES string of the molecule is COC(=O)CN(C)P(=O)(N1CC1)N1CC1. The van der Waals surface area contributed by atoms with E-state index in [1.807, 2.05) is 9.34 Å². The Bertz CT molecular complexity index is 298. The summed E-state index contributed by atoms with van der Waals surface area (Å²) < 4.78 is 22.7. The fraction of sp³-hybridized carbons (Fsp3) is 0.875. The van der Waals surface area contributed by atoms with Crippen molar-refractivity contribution in [3.05, 3.63) is 0 Å². The van der Waals surface area contributed by atoms with E-state index in [0.29, 0.717) is 0 Å². The number of nitrogens with zero attached hydrogens (tertiary/aromatic N) is 3. The van der Waals surface area contributed by atoms with Crippen molar-refractivity contribution in [2.45, 2.75) is 0 Å². The third kappa shape index (κ3) is 2.08. The highest BCUT2D eigenvalue weighted by Crippen LogP contribution is 2.61. The van der Waals surface area contributed by atoms with Gasteiger partial charge in [0.15, 0.2) is 0 Å². The van der Waals surface area contributed by atoms with Gasteiger partial charge < -0.3 is 4.74 Å². The lowest BCUT2D eigenvalue weighted by Crippen LogP contribution is -2.29. The highest BCUT2D eigenvalue weighted by molar-refractivity contribution is 7.57. The third-order valence-electron chi connectivity index (χ3n) is 2.61. The maximum absolute atomic E-state index is 12.7. The molecule has 2 rings (SSSR count). The molecule has 86 valence electrons. The molecule has 0 spiro atoms. The van der Waals surface area contributed by atoms with E-state index in [2.05, 4.69) is 4.74 Å². The van der Waals surface area contributed by atoms with E-state index in [0.717, 1.165) is 26.2 Å². The fourth-order valence-corrected chi connectivity index (χ4v) is 4.31. The molecule has 2 aliphatic rings. The summed E-state index contributed by atoms with van der Waals surface area (Å²) in [6, 6.07) is 0. The number of likely N-dealkylation sites (N-methyl/N-ethyl adjacent to an activating group) is 1. The molecule has 2 aliphatic heterocycles. The maximum Gasteiger partial charge on any atom is 0.320 e. The van der Waals surface area contributed by atoms with Crippen molar-refractivity contribution < 1.29 is 14.1 Å². The Kier molecular flexibility index (Phi) is 2.85. The van der Waals surface area contributed by atoms with Crippen molar-refractivity contribution >= 4 is 13.6 Å². The standard InChI is InChI=1S/C8H16N3O3P/c1-9(7-8(12)14-2)15(13,10-3-4-10)11-5-6-11/h3-7H2,1-2H3. The first-order chi connectivity index (χ1) is 7.09. The van der Waals surface area contributed by atoms with Crippen molar-refractivity contribution in [3.63, 3.8) is 0 Å². The molecule has 0 N–H and O–H groups in total. The summed E-state index contributed by atoms with van der Waals surface area (Å²) in [6.07, 6.45) is 0. The number of methoxy groups -OCH3 is 1. The first-order valence-corrected chi connectivity index (χ1v) is 6.55. The van der Waals surface area contributed by atoms with Crippen LogP contribution in [0.15, 0.2) is 0 Å². The topological polar surface area (TPSA) is 52.6 Å². The van der Waals surface area contributed by atoms with Gasteiger partial charge in [-0.3, -0.25) is 9.36 Å². The lowest BCUT2D eigenvalue weighted by molar-refractivity contribution is -0.140. The van der Waals surface area contributed by atoms with Gasteiger partial charge >= 0.3 is 5.97 Å². The van der Waals surface area contributed by atoms with Crippen molar-refractivity contribution in [3.8, 4) is 0 Å². The average Bonchev–Trinajstić information content (AvgIpc) is 3.06. The van der Waals surface area contributed by atoms with Crippen LogP contribution in [0.3, 0.4) is 0 Å². The molecule has 2 saturated heterocycles. The number of esters is 1. The molecule has 15 heavy (non-hydrogen) atoms. The van der Waals surface area contributed by atoms with Crippen LogP contribution in [0.25, 0.3) is 0 Å². The largest absolute Gasteiger partial charge is 0.468 e. The second kappa shape index (κ2) is 3.87. The number of carbonyl (C=O) groups excluding carboxylic acids is 1. The average molecular weight is 233 g/mol. The van der Waals surface area contributed by atoms with Gasteiger partial charge in [0.05, 0.1) is 7.11 Å². The molecule has 0 amide bonds. The van der Waals surface area contributed by atoms with Crippen LogP contribution >= 0.6 is 7.59 Å². The number of carbonyl (C=O) groups is 1. The molecule has 0 unspecified atom stereocenters. The Hall–Kier alpha value is -0.420. The molecule has 0 aromatic rings. The summed E-state index contributed by atoms with van der Waals surface area (Å²) in [7, 11) is 0.460. The van der Waals surface area contributed by atoms with Crippen LogP contribution in [0.1, 0.15) is 0 Å². The van der Waals surface area contributed by atoms with Gasteiger partial charge in [0, 0.05) is 26.2 Å². The van der Waals surface area contributed by atoms with Gasteiger partial charge in [-0.05, 0) is 7.05 Å². The van der Waals surface area contributed by atoms with E-state index >= 15 is 0 Å². The third-order valence-corrected chi connectivity index (χ3v) is 5.92. The van der Waals surface area contributed by atoms with Gasteiger partial charge in [-0.1, -0.05) is 0 Å². The lowest BCUT2D eigenvalue weighted by atomic mass is 10.7. The normalized spacial score (nSPS) is 21.8. The number of hydrogen-bond acceptors (Lipinski definition) is 3. The van der Waals surface area contributed by atoms with Crippen LogP contribution in [0.5, 0.6) is 0 Å². The molecule has 2 fully saturated rings. The molecule has 0 aliphatic carbocycles. The Morgan fingerprint density at radius 2 is 1.80 bits per heavy atom. The zero-order valence-electron chi connectivity index (χ0n) is 9.05. The summed E-state index contributed by atoms with van der Waals surface area (Å²) in [6.45, 7) is 3.53. The van der Waals surface area contributed by atoms with E-state index in [-0.39, 0.29) is 12.5 Å². The Morgan fingerprint density at radius 3 is 2.13 bits per heavy atom. The van der Waals surface area contributed by atoms with E-state index in [1.54, 1.807) is 11.7 Å². The summed E-state index contributed by atoms with van der Waals surface area (Å²) in [5, 5.41) is 0. The lowest BCUT2D eigenvalue weighted by Gasteiger charge is -2.28. The highest BCUT2D eigenvalue weighted by atomic mass is 31.2. The molecule has 6 nitrogen and oxygen atoms in total. The van der Waals surface area contributed by atoms with Crippen molar-refractivity contribution in [2.24, 2.45) is 0 Å². The first-order valence-electron chi connectivity index (χ1n) is 4.98. The molecule has 0 aromatic carbocycles. The Labute approximate surface area is 89.3 Å². The van der Waals surface area contributed by atoms with E-state index in [9.17, 15) is 9.36 Å². The molecule has 0 atom stereocenters. The summed E-state index contributed by atoms with van der Waals surface area (Å²) in [5.41, 5.74) is 0. The molecule has 0 saturated carbocycles. The molecule has 2 heterocycles. The fourth-order valence-electron chi connectivity index (χ4n) is 1.56. The van der Waals surface area contributed by atoms with Crippen LogP contribution in [-0.4, -0.2) is 66.9 Å². The van der Waals surface area contributed by atoms with Gasteiger partial charge in [0.25, 0.3) is 7.59 Å². The minimum atomic E-state index is -2.60.